The van der Waals surface area contributed by atoms with Crippen molar-refractivity contribution >= 4 is 23.2 Å². The molecule has 1 atom stereocenters. The first kappa shape index (κ1) is 15.9. The van der Waals surface area contributed by atoms with Gasteiger partial charge in [0, 0.05) is 12.6 Å². The number of hydrogen-bond donors (Lipinski definition) is 2. The molecule has 0 spiro atoms. The van der Waals surface area contributed by atoms with Gasteiger partial charge in [-0.3, -0.25) is 4.79 Å². The molecule has 0 fully saturated rings. The molecular formula is C14H22ClN3O. The number of carbonyl (C=O) groups is 1. The van der Waals surface area contributed by atoms with Crippen LogP contribution < -0.4 is 11.1 Å². The lowest BCUT2D eigenvalue weighted by Crippen LogP contribution is -2.15. The number of rotatable bonds is 7. The standard InChI is InChI=1S/C14H22ClN3O/c1-3-11(6-7-16)4-5-13(19)18-12-8-10(2)9-17-14(12)15/h8-9,11H,3-7,16H2,1-2H3,(H,18,19). The smallest absolute Gasteiger partial charge is 0.224 e. The number of nitrogens with zero attached hydrogens (tertiary/aromatic N) is 1. The highest BCUT2D eigenvalue weighted by atomic mass is 35.5. The van der Waals surface area contributed by atoms with Gasteiger partial charge in [0.15, 0.2) is 5.15 Å². The van der Waals surface area contributed by atoms with E-state index in [9.17, 15) is 4.79 Å². The monoisotopic (exact) mass is 283 g/mol. The quantitative estimate of drug-likeness (QED) is 0.756. The zero-order valence-electron chi connectivity index (χ0n) is 11.6. The van der Waals surface area contributed by atoms with E-state index in [0.29, 0.717) is 29.7 Å². The second kappa shape index (κ2) is 8.12. The summed E-state index contributed by atoms with van der Waals surface area (Å²) in [7, 11) is 0. The molecule has 0 aliphatic heterocycles. The molecule has 1 unspecified atom stereocenters. The minimum Gasteiger partial charge on any atom is -0.330 e. The molecule has 0 aliphatic rings. The lowest BCUT2D eigenvalue weighted by atomic mass is 9.96. The van der Waals surface area contributed by atoms with Crippen LogP contribution >= 0.6 is 11.6 Å². The molecule has 0 aliphatic carbocycles. The van der Waals surface area contributed by atoms with Crippen molar-refractivity contribution in [3.63, 3.8) is 0 Å². The van der Waals surface area contributed by atoms with E-state index in [0.717, 1.165) is 24.8 Å². The Morgan fingerprint density at radius 3 is 2.89 bits per heavy atom. The fraction of sp³-hybridized carbons (Fsp3) is 0.571. The Labute approximate surface area is 119 Å². The van der Waals surface area contributed by atoms with Crippen LogP contribution in [0.2, 0.25) is 5.15 Å². The lowest BCUT2D eigenvalue weighted by molar-refractivity contribution is -0.116. The number of nitrogens with two attached hydrogens (primary N) is 1. The molecule has 1 heterocycles. The first-order valence-electron chi connectivity index (χ1n) is 6.68. The van der Waals surface area contributed by atoms with Gasteiger partial charge in [0.05, 0.1) is 5.69 Å². The van der Waals surface area contributed by atoms with Gasteiger partial charge in [-0.1, -0.05) is 24.9 Å². The van der Waals surface area contributed by atoms with Crippen molar-refractivity contribution in [2.45, 2.75) is 39.5 Å². The Hall–Kier alpha value is -1.13. The molecular weight excluding hydrogens is 262 g/mol. The zero-order chi connectivity index (χ0) is 14.3. The first-order valence-corrected chi connectivity index (χ1v) is 7.06. The summed E-state index contributed by atoms with van der Waals surface area (Å²) in [6.45, 7) is 4.71. The molecule has 0 saturated heterocycles. The van der Waals surface area contributed by atoms with Crippen molar-refractivity contribution in [1.29, 1.82) is 0 Å². The summed E-state index contributed by atoms with van der Waals surface area (Å²) < 4.78 is 0. The van der Waals surface area contributed by atoms with Crippen molar-refractivity contribution in [3.05, 3.63) is 23.0 Å². The molecule has 106 valence electrons. The molecule has 3 N–H and O–H groups in total. The number of halogens is 1. The molecule has 0 radical (unpaired) electrons. The number of anilines is 1. The van der Waals surface area contributed by atoms with Crippen LogP contribution in [0.5, 0.6) is 0 Å². The fourth-order valence-electron chi connectivity index (χ4n) is 1.98. The highest BCUT2D eigenvalue weighted by Crippen LogP contribution is 2.21. The molecule has 0 bridgehead atoms. The van der Waals surface area contributed by atoms with Crippen LogP contribution in [-0.2, 0) is 4.79 Å². The summed E-state index contributed by atoms with van der Waals surface area (Å²) in [5.74, 6) is 0.492. The summed E-state index contributed by atoms with van der Waals surface area (Å²) >= 11 is 5.94. The molecule has 1 rings (SSSR count). The number of nitrogens with one attached hydrogen (secondary N) is 1. The van der Waals surface area contributed by atoms with Crippen LogP contribution in [0.4, 0.5) is 5.69 Å². The zero-order valence-corrected chi connectivity index (χ0v) is 12.3. The number of aryl methyl sites for hydroxylation is 1. The topological polar surface area (TPSA) is 68.0 Å². The maximum atomic E-state index is 11.9. The average Bonchev–Trinajstić information content (AvgIpc) is 2.39. The van der Waals surface area contributed by atoms with Crippen molar-refractivity contribution < 1.29 is 4.79 Å². The van der Waals surface area contributed by atoms with Crippen LogP contribution in [-0.4, -0.2) is 17.4 Å². The Balaban J connectivity index is 2.48. The fourth-order valence-corrected chi connectivity index (χ4v) is 2.13. The van der Waals surface area contributed by atoms with Crippen LogP contribution in [0.25, 0.3) is 0 Å². The Bertz CT molecular complexity index is 423. The Kier molecular flexibility index (Phi) is 6.81. The number of pyridine rings is 1. The van der Waals surface area contributed by atoms with Gasteiger partial charge < -0.3 is 11.1 Å². The van der Waals surface area contributed by atoms with E-state index in [1.54, 1.807) is 6.20 Å². The molecule has 19 heavy (non-hydrogen) atoms. The second-order valence-corrected chi connectivity index (χ2v) is 5.15. The van der Waals surface area contributed by atoms with E-state index in [-0.39, 0.29) is 5.91 Å². The van der Waals surface area contributed by atoms with E-state index in [1.165, 1.54) is 0 Å². The molecule has 4 nitrogen and oxygen atoms in total. The van der Waals surface area contributed by atoms with Gasteiger partial charge in [0.25, 0.3) is 0 Å². The maximum Gasteiger partial charge on any atom is 0.224 e. The lowest BCUT2D eigenvalue weighted by Gasteiger charge is -2.13. The van der Waals surface area contributed by atoms with E-state index in [2.05, 4.69) is 17.2 Å². The van der Waals surface area contributed by atoms with E-state index in [1.807, 2.05) is 13.0 Å². The Morgan fingerprint density at radius 2 is 2.26 bits per heavy atom. The van der Waals surface area contributed by atoms with Gasteiger partial charge in [-0.15, -0.1) is 0 Å². The largest absolute Gasteiger partial charge is 0.330 e. The third-order valence-electron chi connectivity index (χ3n) is 3.18. The van der Waals surface area contributed by atoms with E-state index < -0.39 is 0 Å². The number of aromatic nitrogens is 1. The summed E-state index contributed by atoms with van der Waals surface area (Å²) in [4.78, 5) is 15.9. The van der Waals surface area contributed by atoms with Crippen molar-refractivity contribution in [2.24, 2.45) is 11.7 Å². The second-order valence-electron chi connectivity index (χ2n) is 4.79. The first-order chi connectivity index (χ1) is 9.06. The molecule has 0 aromatic carbocycles. The molecule has 1 aromatic heterocycles. The van der Waals surface area contributed by atoms with Crippen LogP contribution in [0, 0.1) is 12.8 Å². The van der Waals surface area contributed by atoms with Gasteiger partial charge in [-0.2, -0.15) is 0 Å². The third kappa shape index (κ3) is 5.57. The molecule has 0 saturated carbocycles. The predicted octanol–water partition coefficient (Wildman–Crippen LogP) is 3.14. The Morgan fingerprint density at radius 1 is 1.53 bits per heavy atom. The minimum absolute atomic E-state index is 0.0234. The van der Waals surface area contributed by atoms with Crippen molar-refractivity contribution in [3.8, 4) is 0 Å². The number of amides is 1. The normalized spacial score (nSPS) is 12.2. The molecule has 5 heteroatoms. The van der Waals surface area contributed by atoms with Crippen LogP contribution in [0.15, 0.2) is 12.3 Å². The predicted molar refractivity (Wildman–Crippen MR) is 79.3 cm³/mol. The van der Waals surface area contributed by atoms with Crippen LogP contribution in [0.3, 0.4) is 0 Å². The average molecular weight is 284 g/mol. The maximum absolute atomic E-state index is 11.9. The highest BCUT2D eigenvalue weighted by Gasteiger charge is 2.11. The van der Waals surface area contributed by atoms with E-state index in [4.69, 9.17) is 17.3 Å². The number of carbonyl (C=O) groups excluding carboxylic acids is 1. The summed E-state index contributed by atoms with van der Waals surface area (Å²) in [5, 5.41) is 3.13. The summed E-state index contributed by atoms with van der Waals surface area (Å²) in [6, 6.07) is 1.82. The minimum atomic E-state index is -0.0234. The van der Waals surface area contributed by atoms with Crippen molar-refractivity contribution in [2.75, 3.05) is 11.9 Å². The van der Waals surface area contributed by atoms with Gasteiger partial charge >= 0.3 is 0 Å². The summed E-state index contributed by atoms with van der Waals surface area (Å²) in [6.07, 6.45) is 5.04. The van der Waals surface area contributed by atoms with Gasteiger partial charge in [0.2, 0.25) is 5.91 Å². The highest BCUT2D eigenvalue weighted by molar-refractivity contribution is 6.32. The number of hydrogen-bond acceptors (Lipinski definition) is 3. The van der Waals surface area contributed by atoms with Gasteiger partial charge in [-0.25, -0.2) is 4.98 Å². The summed E-state index contributed by atoms with van der Waals surface area (Å²) in [5.41, 5.74) is 7.09. The molecule has 1 aromatic rings. The van der Waals surface area contributed by atoms with Gasteiger partial charge in [0.1, 0.15) is 0 Å². The third-order valence-corrected chi connectivity index (χ3v) is 3.48. The van der Waals surface area contributed by atoms with Crippen LogP contribution in [0.1, 0.15) is 38.2 Å². The van der Waals surface area contributed by atoms with Crippen molar-refractivity contribution in [1.82, 2.24) is 4.98 Å². The molecule has 1 amide bonds. The van der Waals surface area contributed by atoms with Gasteiger partial charge in [-0.05, 0) is 43.9 Å². The van der Waals surface area contributed by atoms with E-state index >= 15 is 0 Å². The SMILES string of the molecule is CCC(CCN)CCC(=O)Nc1cc(C)cnc1Cl.